The second-order valence-electron chi connectivity index (χ2n) is 10.1. The largest absolute Gasteiger partial charge is 0.395 e. The number of benzene rings is 3. The minimum absolute atomic E-state index is 0.0417. The molecule has 7 nitrogen and oxygen atoms in total. The van der Waals surface area contributed by atoms with Crippen LogP contribution in [0.15, 0.2) is 71.6 Å². The number of nitrogens with one attached hydrogen (secondary N) is 2. The molecule has 1 saturated heterocycles. The maximum Gasteiger partial charge on any atom is 0.240 e. The Balaban J connectivity index is 1.45. The fraction of sp³-hybridized carbons (Fsp3) is 0.367. The number of amides is 1. The molecule has 220 valence electrons. The van der Waals surface area contributed by atoms with E-state index in [-0.39, 0.29) is 53.2 Å². The maximum absolute atomic E-state index is 14.9. The Bertz CT molecular complexity index is 1420. The summed E-state index contributed by atoms with van der Waals surface area (Å²) in [6.07, 6.45) is 1.92. The first-order valence-corrected chi connectivity index (χ1v) is 15.3. The van der Waals surface area contributed by atoms with Crippen molar-refractivity contribution in [3.8, 4) is 0 Å². The highest BCUT2D eigenvalue weighted by Crippen LogP contribution is 2.36. The van der Waals surface area contributed by atoms with E-state index in [2.05, 4.69) is 10.0 Å². The molecule has 1 heterocycles. The molecule has 0 aliphatic carbocycles. The lowest BCUT2D eigenvalue weighted by molar-refractivity contribution is -0.117. The molecule has 1 amide bonds. The fourth-order valence-electron chi connectivity index (χ4n) is 5.12. The Morgan fingerprint density at radius 1 is 1.02 bits per heavy atom. The Morgan fingerprint density at radius 3 is 2.37 bits per heavy atom. The zero-order chi connectivity index (χ0) is 29.4. The molecule has 11 heteroatoms. The van der Waals surface area contributed by atoms with Crippen molar-refractivity contribution in [2.24, 2.45) is 5.92 Å². The minimum Gasteiger partial charge on any atom is -0.395 e. The number of halogens is 3. The number of aliphatic hydroxyl groups is 1. The van der Waals surface area contributed by atoms with Gasteiger partial charge >= 0.3 is 0 Å². The van der Waals surface area contributed by atoms with E-state index in [0.717, 1.165) is 42.7 Å². The van der Waals surface area contributed by atoms with Crippen molar-refractivity contribution in [3.63, 3.8) is 0 Å². The maximum atomic E-state index is 14.9. The fourth-order valence-corrected chi connectivity index (χ4v) is 6.51. The smallest absolute Gasteiger partial charge is 0.240 e. The third-order valence-corrected chi connectivity index (χ3v) is 9.13. The van der Waals surface area contributed by atoms with Crippen LogP contribution in [0.5, 0.6) is 0 Å². The van der Waals surface area contributed by atoms with Crippen molar-refractivity contribution in [1.29, 1.82) is 0 Å². The molecule has 1 fully saturated rings. The van der Waals surface area contributed by atoms with Crippen LogP contribution in [0.4, 0.5) is 14.5 Å². The molecule has 0 saturated carbocycles. The molecule has 0 aromatic heterocycles. The number of hydrogen-bond donors (Lipinski definition) is 3. The van der Waals surface area contributed by atoms with Gasteiger partial charge in [-0.25, -0.2) is 21.9 Å². The summed E-state index contributed by atoms with van der Waals surface area (Å²) in [5, 5.41) is 13.3. The molecule has 2 atom stereocenters. The standard InChI is InChI=1S/C30H33ClF2N2O5S/c31-22-6-4-20(5-7-22)27(21-14-16-40-17-15-21)18-30(37)34-29-3-1-2-28(33)26(29)13-10-24(19-36)35-41(38,39)25-11-8-23(32)9-12-25/h1-9,11-12,21,24,27,35-36H,10,13-19H2,(H,34,37)/t24-,27-/m0/s1. The summed E-state index contributed by atoms with van der Waals surface area (Å²) in [5.74, 6) is -1.25. The molecule has 4 rings (SSSR count). The van der Waals surface area contributed by atoms with Crippen LogP contribution in [0.2, 0.25) is 5.02 Å². The third kappa shape index (κ3) is 8.56. The van der Waals surface area contributed by atoms with Gasteiger partial charge in [0, 0.05) is 41.9 Å². The number of ether oxygens (including phenoxy) is 1. The Labute approximate surface area is 243 Å². The molecular formula is C30H33ClF2N2O5S. The van der Waals surface area contributed by atoms with Gasteiger partial charge in [0.15, 0.2) is 0 Å². The van der Waals surface area contributed by atoms with E-state index in [1.54, 1.807) is 18.2 Å². The van der Waals surface area contributed by atoms with E-state index in [1.807, 2.05) is 12.1 Å². The van der Waals surface area contributed by atoms with E-state index in [1.165, 1.54) is 12.1 Å². The van der Waals surface area contributed by atoms with Gasteiger partial charge in [-0.15, -0.1) is 0 Å². The van der Waals surface area contributed by atoms with Crippen molar-refractivity contribution in [2.75, 3.05) is 25.1 Å². The zero-order valence-electron chi connectivity index (χ0n) is 22.4. The molecule has 1 aliphatic rings. The van der Waals surface area contributed by atoms with E-state index >= 15 is 0 Å². The molecule has 1 aliphatic heterocycles. The van der Waals surface area contributed by atoms with Gasteiger partial charge in [0.1, 0.15) is 11.6 Å². The number of carbonyl (C=O) groups excluding carboxylic acids is 1. The summed E-state index contributed by atoms with van der Waals surface area (Å²) < 4.78 is 61.4. The van der Waals surface area contributed by atoms with Gasteiger partial charge in [-0.1, -0.05) is 29.8 Å². The summed E-state index contributed by atoms with van der Waals surface area (Å²) in [5.41, 5.74) is 1.49. The van der Waals surface area contributed by atoms with Crippen LogP contribution in [-0.2, 0) is 26.0 Å². The topological polar surface area (TPSA) is 105 Å². The van der Waals surface area contributed by atoms with Gasteiger partial charge in [0.25, 0.3) is 0 Å². The molecule has 0 radical (unpaired) electrons. The Morgan fingerprint density at radius 2 is 1.71 bits per heavy atom. The third-order valence-electron chi connectivity index (χ3n) is 7.34. The molecule has 0 unspecified atom stereocenters. The summed E-state index contributed by atoms with van der Waals surface area (Å²) in [7, 11) is -4.04. The van der Waals surface area contributed by atoms with Crippen LogP contribution >= 0.6 is 11.6 Å². The van der Waals surface area contributed by atoms with Gasteiger partial charge in [-0.3, -0.25) is 4.79 Å². The van der Waals surface area contributed by atoms with Crippen molar-refractivity contribution in [2.45, 2.75) is 49.0 Å². The average Bonchev–Trinajstić information content (AvgIpc) is 2.96. The summed E-state index contributed by atoms with van der Waals surface area (Å²) in [6, 6.07) is 15.1. The molecule has 3 N–H and O–H groups in total. The van der Waals surface area contributed by atoms with Gasteiger partial charge in [-0.2, -0.15) is 0 Å². The lowest BCUT2D eigenvalue weighted by Crippen LogP contribution is -2.37. The molecule has 0 spiro atoms. The quantitative estimate of drug-likeness (QED) is 0.255. The second kappa shape index (κ2) is 14.3. The van der Waals surface area contributed by atoms with Crippen molar-refractivity contribution < 1.29 is 31.8 Å². The van der Waals surface area contributed by atoms with E-state index < -0.39 is 34.3 Å². The molecule has 3 aromatic rings. The zero-order valence-corrected chi connectivity index (χ0v) is 23.9. The van der Waals surface area contributed by atoms with Gasteiger partial charge in [0.05, 0.1) is 11.5 Å². The van der Waals surface area contributed by atoms with Crippen molar-refractivity contribution >= 4 is 33.2 Å². The Hall–Kier alpha value is -2.89. The van der Waals surface area contributed by atoms with E-state index in [4.69, 9.17) is 16.3 Å². The van der Waals surface area contributed by atoms with E-state index in [9.17, 15) is 27.1 Å². The first kappa shape index (κ1) is 31.1. The van der Waals surface area contributed by atoms with Gasteiger partial charge in [-0.05, 0) is 91.6 Å². The highest BCUT2D eigenvalue weighted by Gasteiger charge is 2.28. The lowest BCUT2D eigenvalue weighted by atomic mass is 9.79. The minimum atomic E-state index is -4.04. The summed E-state index contributed by atoms with van der Waals surface area (Å²) in [4.78, 5) is 13.1. The van der Waals surface area contributed by atoms with Crippen LogP contribution in [0.25, 0.3) is 0 Å². The average molecular weight is 607 g/mol. The highest BCUT2D eigenvalue weighted by molar-refractivity contribution is 7.89. The predicted molar refractivity (Wildman–Crippen MR) is 153 cm³/mol. The van der Waals surface area contributed by atoms with Crippen LogP contribution in [0.1, 0.15) is 42.7 Å². The van der Waals surface area contributed by atoms with Crippen molar-refractivity contribution in [3.05, 3.63) is 94.5 Å². The number of hydrogen-bond acceptors (Lipinski definition) is 5. The Kier molecular flexibility index (Phi) is 10.9. The monoisotopic (exact) mass is 606 g/mol. The number of sulfonamides is 1. The number of aliphatic hydroxyl groups excluding tert-OH is 1. The molecular weight excluding hydrogens is 574 g/mol. The van der Waals surface area contributed by atoms with Gasteiger partial charge < -0.3 is 15.2 Å². The second-order valence-corrected chi connectivity index (χ2v) is 12.3. The molecule has 41 heavy (non-hydrogen) atoms. The summed E-state index contributed by atoms with van der Waals surface area (Å²) in [6.45, 7) is 0.715. The van der Waals surface area contributed by atoms with E-state index in [0.29, 0.717) is 18.2 Å². The first-order valence-electron chi connectivity index (χ1n) is 13.5. The van der Waals surface area contributed by atoms with Crippen LogP contribution in [0, 0.1) is 17.6 Å². The summed E-state index contributed by atoms with van der Waals surface area (Å²) >= 11 is 6.08. The van der Waals surface area contributed by atoms with Crippen LogP contribution in [0.3, 0.4) is 0 Å². The molecule has 3 aromatic carbocycles. The van der Waals surface area contributed by atoms with Crippen LogP contribution in [-0.4, -0.2) is 45.3 Å². The first-order chi connectivity index (χ1) is 19.7. The normalized spacial score (nSPS) is 15.8. The SMILES string of the molecule is O=C(C[C@@H](c1ccc(Cl)cc1)C1CCOCC1)Nc1cccc(F)c1CC[C@@H](CO)NS(=O)(=O)c1ccc(F)cc1. The van der Waals surface area contributed by atoms with Crippen molar-refractivity contribution in [1.82, 2.24) is 4.72 Å². The molecule has 0 bridgehead atoms. The van der Waals surface area contributed by atoms with Crippen LogP contribution < -0.4 is 10.0 Å². The lowest BCUT2D eigenvalue weighted by Gasteiger charge is -2.30. The number of carbonyl (C=O) groups is 1. The predicted octanol–water partition coefficient (Wildman–Crippen LogP) is 5.43. The number of rotatable bonds is 12. The highest BCUT2D eigenvalue weighted by atomic mass is 35.5. The van der Waals surface area contributed by atoms with Gasteiger partial charge in [0.2, 0.25) is 15.9 Å². The number of anilines is 1.